The monoisotopic (exact) mass is 428 g/mol. The summed E-state index contributed by atoms with van der Waals surface area (Å²) in [6.07, 6.45) is 3.01. The summed E-state index contributed by atoms with van der Waals surface area (Å²) in [5.41, 5.74) is 3.67. The number of aryl methyl sites for hydroxylation is 1. The van der Waals surface area contributed by atoms with E-state index in [4.69, 9.17) is 26.2 Å². The highest BCUT2D eigenvalue weighted by Crippen LogP contribution is 2.32. The lowest BCUT2D eigenvalue weighted by molar-refractivity contribution is -0.0371. The van der Waals surface area contributed by atoms with Gasteiger partial charge in [-0.3, -0.25) is 0 Å². The molecule has 0 amide bonds. The van der Waals surface area contributed by atoms with E-state index in [1.165, 1.54) is 5.69 Å². The molecule has 1 N–H and O–H groups in total. The number of hydrogen-bond donors (Lipinski definition) is 1. The number of fused-ring (bicyclic) bond motifs is 1. The van der Waals surface area contributed by atoms with Crippen molar-refractivity contribution < 1.29 is 9.47 Å². The van der Waals surface area contributed by atoms with Crippen molar-refractivity contribution in [1.29, 1.82) is 0 Å². The summed E-state index contributed by atoms with van der Waals surface area (Å²) in [5, 5.41) is 9.16. The van der Waals surface area contributed by atoms with Gasteiger partial charge in [0.1, 0.15) is 5.82 Å². The van der Waals surface area contributed by atoms with Crippen LogP contribution in [0.5, 0.6) is 0 Å². The molecule has 2 fully saturated rings. The van der Waals surface area contributed by atoms with Crippen molar-refractivity contribution >= 4 is 39.8 Å². The lowest BCUT2D eigenvalue weighted by atomic mass is 10.2. The van der Waals surface area contributed by atoms with Gasteiger partial charge in [-0.05, 0) is 62.1 Å². The van der Waals surface area contributed by atoms with Crippen LogP contribution in [0.1, 0.15) is 31.2 Å². The largest absolute Gasteiger partial charge is 0.378 e. The summed E-state index contributed by atoms with van der Waals surface area (Å²) in [6.45, 7) is 6.07. The Balaban J connectivity index is 1.44. The van der Waals surface area contributed by atoms with Crippen LogP contribution in [-0.2, 0) is 9.47 Å². The Morgan fingerprint density at radius 2 is 1.87 bits per heavy atom. The molecular formula is C21H25ClN6O2. The van der Waals surface area contributed by atoms with E-state index in [-0.39, 0.29) is 11.5 Å². The first-order valence-electron chi connectivity index (χ1n) is 10.4. The molecule has 30 heavy (non-hydrogen) atoms. The Hall–Kier alpha value is -2.42. The fraction of sp³-hybridized carbons (Fsp3) is 0.476. The van der Waals surface area contributed by atoms with Crippen LogP contribution in [-0.4, -0.2) is 52.7 Å². The molecule has 2 aromatic heterocycles. The Labute approximate surface area is 180 Å². The Morgan fingerprint density at radius 1 is 1.07 bits per heavy atom. The van der Waals surface area contributed by atoms with Gasteiger partial charge in [0.2, 0.25) is 5.28 Å². The van der Waals surface area contributed by atoms with Crippen LogP contribution in [0.3, 0.4) is 0 Å². The summed E-state index contributed by atoms with van der Waals surface area (Å²) in [4.78, 5) is 11.2. The van der Waals surface area contributed by atoms with Gasteiger partial charge in [0.15, 0.2) is 11.9 Å². The van der Waals surface area contributed by atoms with Crippen LogP contribution in [0.25, 0.3) is 11.0 Å². The number of ether oxygens (including phenoxy) is 2. The number of anilines is 3. The van der Waals surface area contributed by atoms with Crippen molar-refractivity contribution in [2.24, 2.45) is 0 Å². The van der Waals surface area contributed by atoms with Crippen LogP contribution in [0, 0.1) is 6.92 Å². The van der Waals surface area contributed by atoms with E-state index < -0.39 is 0 Å². The predicted molar refractivity (Wildman–Crippen MR) is 117 cm³/mol. The highest BCUT2D eigenvalue weighted by atomic mass is 35.5. The molecule has 0 radical (unpaired) electrons. The highest BCUT2D eigenvalue weighted by Gasteiger charge is 2.23. The maximum Gasteiger partial charge on any atom is 0.226 e. The number of morpholine rings is 1. The zero-order valence-electron chi connectivity index (χ0n) is 17.0. The quantitative estimate of drug-likeness (QED) is 0.627. The average Bonchev–Trinajstić information content (AvgIpc) is 3.12. The van der Waals surface area contributed by atoms with Gasteiger partial charge in [-0.2, -0.15) is 15.1 Å². The molecule has 3 aromatic rings. The number of halogens is 1. The van der Waals surface area contributed by atoms with Crippen molar-refractivity contribution in [3.8, 4) is 0 Å². The first-order chi connectivity index (χ1) is 14.7. The first kappa shape index (κ1) is 19.5. The van der Waals surface area contributed by atoms with Gasteiger partial charge in [0.05, 0.1) is 24.3 Å². The Bertz CT molecular complexity index is 1030. The third-order valence-corrected chi connectivity index (χ3v) is 5.80. The molecule has 4 heterocycles. The molecule has 0 saturated carbocycles. The van der Waals surface area contributed by atoms with E-state index in [9.17, 15) is 0 Å². The zero-order valence-corrected chi connectivity index (χ0v) is 17.7. The number of hydrogen-bond acceptors (Lipinski definition) is 7. The topological polar surface area (TPSA) is 77.3 Å². The summed E-state index contributed by atoms with van der Waals surface area (Å²) >= 11 is 6.27. The minimum absolute atomic E-state index is 0.110. The molecule has 1 unspecified atom stereocenters. The standard InChI is InChI=1S/C21H25ClN6O2/c1-14-18-19(23-15-5-7-16(8-6-15)27-9-12-29-13-10-27)24-21(22)25-20(18)28(26-14)17-4-2-3-11-30-17/h5-8,17H,2-4,9-13H2,1H3,(H,23,24,25). The Kier molecular flexibility index (Phi) is 5.45. The van der Waals surface area contributed by atoms with E-state index >= 15 is 0 Å². The lowest BCUT2D eigenvalue weighted by Gasteiger charge is -2.28. The molecule has 2 aliphatic rings. The van der Waals surface area contributed by atoms with Crippen LogP contribution in [0.15, 0.2) is 24.3 Å². The normalized spacial score (nSPS) is 19.9. The van der Waals surface area contributed by atoms with Crippen LogP contribution >= 0.6 is 11.6 Å². The Morgan fingerprint density at radius 3 is 2.60 bits per heavy atom. The van der Waals surface area contributed by atoms with Gasteiger partial charge >= 0.3 is 0 Å². The average molecular weight is 429 g/mol. The van der Waals surface area contributed by atoms with Crippen molar-refractivity contribution in [3.05, 3.63) is 35.2 Å². The SMILES string of the molecule is Cc1nn(C2CCCCO2)c2nc(Cl)nc(Nc3ccc(N4CCOCC4)cc3)c12. The molecule has 158 valence electrons. The molecule has 5 rings (SSSR count). The number of rotatable bonds is 4. The molecule has 0 aliphatic carbocycles. The second kappa shape index (κ2) is 8.37. The van der Waals surface area contributed by atoms with E-state index in [0.29, 0.717) is 11.5 Å². The molecule has 8 nitrogen and oxygen atoms in total. The zero-order chi connectivity index (χ0) is 20.5. The van der Waals surface area contributed by atoms with Crippen LogP contribution < -0.4 is 10.2 Å². The fourth-order valence-electron chi connectivity index (χ4n) is 4.10. The summed E-state index contributed by atoms with van der Waals surface area (Å²) in [5.74, 6) is 0.656. The molecule has 1 atom stereocenters. The minimum Gasteiger partial charge on any atom is -0.378 e. The fourth-order valence-corrected chi connectivity index (χ4v) is 4.27. The third kappa shape index (κ3) is 3.82. The molecule has 2 saturated heterocycles. The molecule has 0 bridgehead atoms. The molecule has 2 aliphatic heterocycles. The molecule has 1 aromatic carbocycles. The summed E-state index contributed by atoms with van der Waals surface area (Å²) < 4.78 is 13.2. The highest BCUT2D eigenvalue weighted by molar-refractivity contribution is 6.28. The number of nitrogens with zero attached hydrogens (tertiary/aromatic N) is 5. The molecule has 9 heteroatoms. The number of aromatic nitrogens is 4. The number of nitrogens with one attached hydrogen (secondary N) is 1. The maximum atomic E-state index is 6.27. The van der Waals surface area contributed by atoms with E-state index in [1.807, 2.05) is 11.6 Å². The smallest absolute Gasteiger partial charge is 0.226 e. The lowest BCUT2D eigenvalue weighted by Crippen LogP contribution is -2.36. The number of benzene rings is 1. The van der Waals surface area contributed by atoms with Gasteiger partial charge in [-0.25, -0.2) is 4.68 Å². The van der Waals surface area contributed by atoms with Crippen molar-refractivity contribution in [1.82, 2.24) is 19.7 Å². The summed E-state index contributed by atoms with van der Waals surface area (Å²) in [6, 6.07) is 8.33. The maximum absolute atomic E-state index is 6.27. The van der Waals surface area contributed by atoms with Crippen LogP contribution in [0.2, 0.25) is 5.28 Å². The van der Waals surface area contributed by atoms with Gasteiger partial charge in [-0.1, -0.05) is 0 Å². The van der Waals surface area contributed by atoms with E-state index in [2.05, 4.69) is 44.5 Å². The second-order valence-electron chi connectivity index (χ2n) is 7.66. The van der Waals surface area contributed by atoms with Crippen molar-refractivity contribution in [2.75, 3.05) is 43.1 Å². The van der Waals surface area contributed by atoms with Gasteiger partial charge in [0, 0.05) is 31.1 Å². The predicted octanol–water partition coefficient (Wildman–Crippen LogP) is 4.07. The van der Waals surface area contributed by atoms with Gasteiger partial charge in [0.25, 0.3) is 0 Å². The first-order valence-corrected chi connectivity index (χ1v) is 10.8. The minimum atomic E-state index is -0.110. The summed E-state index contributed by atoms with van der Waals surface area (Å²) in [7, 11) is 0. The second-order valence-corrected chi connectivity index (χ2v) is 8.00. The third-order valence-electron chi connectivity index (χ3n) is 5.63. The molecular weight excluding hydrogens is 404 g/mol. The van der Waals surface area contributed by atoms with Gasteiger partial charge in [-0.15, -0.1) is 0 Å². The van der Waals surface area contributed by atoms with E-state index in [0.717, 1.165) is 68.9 Å². The van der Waals surface area contributed by atoms with E-state index in [1.54, 1.807) is 0 Å². The van der Waals surface area contributed by atoms with Crippen molar-refractivity contribution in [3.63, 3.8) is 0 Å². The van der Waals surface area contributed by atoms with Crippen LogP contribution in [0.4, 0.5) is 17.2 Å². The van der Waals surface area contributed by atoms with Crippen molar-refractivity contribution in [2.45, 2.75) is 32.4 Å². The van der Waals surface area contributed by atoms with Gasteiger partial charge < -0.3 is 19.7 Å². The molecule has 0 spiro atoms.